The van der Waals surface area contributed by atoms with Crippen LogP contribution in [0.25, 0.3) is 0 Å². The van der Waals surface area contributed by atoms with Gasteiger partial charge in [-0.3, -0.25) is 14.4 Å². The molecule has 4 aromatic rings. The zero-order chi connectivity index (χ0) is 23.4. The first-order valence-electron chi connectivity index (χ1n) is 10.1. The molecule has 4 rings (SSSR count). The number of hydrogen-bond acceptors (Lipinski definition) is 4. The van der Waals surface area contributed by atoms with Crippen LogP contribution in [0.4, 0.5) is 10.7 Å². The second-order valence-corrected chi connectivity index (χ2v) is 8.75. The second-order valence-electron chi connectivity index (χ2n) is 7.29. The zero-order valence-electron chi connectivity index (χ0n) is 17.6. The van der Waals surface area contributed by atoms with E-state index < -0.39 is 0 Å². The molecule has 3 aromatic carbocycles. The number of benzene rings is 3. The van der Waals surface area contributed by atoms with E-state index in [-0.39, 0.29) is 17.6 Å². The fraction of sp³-hybridized carbons (Fsp3) is 0.0385. The number of aryl methyl sites for hydroxylation is 1. The van der Waals surface area contributed by atoms with Crippen LogP contribution >= 0.6 is 22.9 Å². The molecule has 0 atom stereocenters. The van der Waals surface area contributed by atoms with Crippen molar-refractivity contribution in [1.82, 2.24) is 0 Å². The van der Waals surface area contributed by atoms with E-state index in [9.17, 15) is 14.4 Å². The van der Waals surface area contributed by atoms with Crippen molar-refractivity contribution in [3.8, 4) is 0 Å². The van der Waals surface area contributed by atoms with E-state index in [1.54, 1.807) is 85.8 Å². The number of anilines is 2. The molecule has 0 saturated carbocycles. The van der Waals surface area contributed by atoms with Crippen molar-refractivity contribution in [2.75, 3.05) is 10.6 Å². The Morgan fingerprint density at radius 3 is 2.21 bits per heavy atom. The quantitative estimate of drug-likeness (QED) is 0.315. The molecule has 2 amide bonds. The van der Waals surface area contributed by atoms with Gasteiger partial charge in [-0.2, -0.15) is 0 Å². The maximum Gasteiger partial charge on any atom is 0.266 e. The molecule has 5 nitrogen and oxygen atoms in total. The van der Waals surface area contributed by atoms with Gasteiger partial charge in [0, 0.05) is 16.8 Å². The molecule has 7 heteroatoms. The first-order valence-corrected chi connectivity index (χ1v) is 11.3. The van der Waals surface area contributed by atoms with Crippen LogP contribution in [-0.4, -0.2) is 17.6 Å². The number of amides is 2. The lowest BCUT2D eigenvalue weighted by Gasteiger charge is -2.07. The molecule has 0 bridgehead atoms. The fourth-order valence-electron chi connectivity index (χ4n) is 3.28. The van der Waals surface area contributed by atoms with Gasteiger partial charge in [0.25, 0.3) is 11.8 Å². The number of hydrogen-bond donors (Lipinski definition) is 2. The summed E-state index contributed by atoms with van der Waals surface area (Å²) in [5, 5.41) is 6.52. The maximum absolute atomic E-state index is 12.9. The van der Waals surface area contributed by atoms with Crippen molar-refractivity contribution < 1.29 is 14.4 Å². The van der Waals surface area contributed by atoms with Crippen LogP contribution in [0.5, 0.6) is 0 Å². The van der Waals surface area contributed by atoms with E-state index in [0.717, 1.165) is 5.56 Å². The number of carbonyl (C=O) groups excluding carboxylic acids is 3. The third-order valence-corrected chi connectivity index (χ3v) is 6.38. The number of nitrogens with one attached hydrogen (secondary N) is 2. The second kappa shape index (κ2) is 9.81. The Morgan fingerprint density at radius 2 is 1.45 bits per heavy atom. The van der Waals surface area contributed by atoms with Crippen LogP contribution in [-0.2, 0) is 0 Å². The van der Waals surface area contributed by atoms with Crippen molar-refractivity contribution in [2.24, 2.45) is 0 Å². The molecule has 33 heavy (non-hydrogen) atoms. The Hall–Kier alpha value is -3.74. The molecule has 1 heterocycles. The molecule has 0 aliphatic rings. The molecular weight excluding hydrogens is 456 g/mol. The lowest BCUT2D eigenvalue weighted by atomic mass is 10.0. The highest BCUT2D eigenvalue weighted by Gasteiger charge is 2.17. The molecule has 2 N–H and O–H groups in total. The first kappa shape index (κ1) is 22.5. The van der Waals surface area contributed by atoms with Crippen molar-refractivity contribution in [1.29, 1.82) is 0 Å². The van der Waals surface area contributed by atoms with Gasteiger partial charge in [-0.15, -0.1) is 11.3 Å². The monoisotopic (exact) mass is 474 g/mol. The summed E-state index contributed by atoms with van der Waals surface area (Å²) in [4.78, 5) is 38.6. The van der Waals surface area contributed by atoms with Crippen molar-refractivity contribution in [3.05, 3.63) is 117 Å². The average molecular weight is 475 g/mol. The maximum atomic E-state index is 12.9. The number of ketones is 1. The Labute approximate surface area is 200 Å². The van der Waals surface area contributed by atoms with Crippen molar-refractivity contribution >= 4 is 51.2 Å². The molecule has 1 aromatic heterocycles. The topological polar surface area (TPSA) is 75.3 Å². The number of halogens is 1. The minimum absolute atomic E-state index is 0.122. The van der Waals surface area contributed by atoms with Gasteiger partial charge < -0.3 is 10.6 Å². The molecular formula is C26H19ClN2O3S. The van der Waals surface area contributed by atoms with Gasteiger partial charge in [0.15, 0.2) is 5.78 Å². The Bertz CT molecular complexity index is 1350. The minimum Gasteiger partial charge on any atom is -0.321 e. The van der Waals surface area contributed by atoms with Gasteiger partial charge in [0.05, 0.1) is 20.5 Å². The van der Waals surface area contributed by atoms with Crippen LogP contribution in [0, 0.1) is 6.92 Å². The van der Waals surface area contributed by atoms with Crippen molar-refractivity contribution in [3.63, 3.8) is 0 Å². The standard InChI is InChI=1S/C26H19ClN2O3S/c1-16-14-22(29-25(31)20-12-5-6-13-21(20)27)33-24(16)26(32)28-19-11-7-10-18(15-19)23(30)17-8-3-2-4-9-17/h2-15H,1H3,(H,28,32)(H,29,31). The summed E-state index contributed by atoms with van der Waals surface area (Å²) >= 11 is 7.26. The van der Waals surface area contributed by atoms with Gasteiger partial charge in [-0.05, 0) is 42.8 Å². The van der Waals surface area contributed by atoms with E-state index in [1.807, 2.05) is 6.07 Å². The Morgan fingerprint density at radius 1 is 0.758 bits per heavy atom. The average Bonchev–Trinajstić information content (AvgIpc) is 3.19. The molecule has 0 unspecified atom stereocenters. The van der Waals surface area contributed by atoms with Gasteiger partial charge in [0.1, 0.15) is 0 Å². The summed E-state index contributed by atoms with van der Waals surface area (Å²) in [5.74, 6) is -0.787. The SMILES string of the molecule is Cc1cc(NC(=O)c2ccccc2Cl)sc1C(=O)Nc1cccc(C(=O)c2ccccc2)c1. The lowest BCUT2D eigenvalue weighted by Crippen LogP contribution is -2.12. The largest absolute Gasteiger partial charge is 0.321 e. The molecule has 0 radical (unpaired) electrons. The lowest BCUT2D eigenvalue weighted by molar-refractivity contribution is 0.102. The van der Waals surface area contributed by atoms with Gasteiger partial charge in [-0.1, -0.05) is 66.2 Å². The fourth-order valence-corrected chi connectivity index (χ4v) is 4.46. The molecule has 0 aliphatic carbocycles. The normalized spacial score (nSPS) is 10.5. The minimum atomic E-state index is -0.346. The third kappa shape index (κ3) is 5.19. The first-order chi connectivity index (χ1) is 15.9. The molecule has 0 aliphatic heterocycles. The summed E-state index contributed by atoms with van der Waals surface area (Å²) < 4.78 is 0. The van der Waals surface area contributed by atoms with E-state index in [4.69, 9.17) is 11.6 Å². The van der Waals surface area contributed by atoms with Crippen LogP contribution in [0.3, 0.4) is 0 Å². The third-order valence-electron chi connectivity index (χ3n) is 4.90. The zero-order valence-corrected chi connectivity index (χ0v) is 19.2. The van der Waals surface area contributed by atoms with Gasteiger partial charge in [-0.25, -0.2) is 0 Å². The smallest absolute Gasteiger partial charge is 0.266 e. The van der Waals surface area contributed by atoms with E-state index in [0.29, 0.717) is 37.3 Å². The van der Waals surface area contributed by atoms with Crippen LogP contribution in [0.2, 0.25) is 5.02 Å². The van der Waals surface area contributed by atoms with E-state index >= 15 is 0 Å². The number of thiophene rings is 1. The summed E-state index contributed by atoms with van der Waals surface area (Å²) in [7, 11) is 0. The Balaban J connectivity index is 1.48. The van der Waals surface area contributed by atoms with Crippen LogP contribution in [0.15, 0.2) is 84.9 Å². The molecule has 164 valence electrons. The highest BCUT2D eigenvalue weighted by atomic mass is 35.5. The summed E-state index contributed by atoms with van der Waals surface area (Å²) in [6.07, 6.45) is 0. The van der Waals surface area contributed by atoms with E-state index in [1.165, 1.54) is 11.3 Å². The van der Waals surface area contributed by atoms with Crippen LogP contribution < -0.4 is 10.6 Å². The van der Waals surface area contributed by atoms with E-state index in [2.05, 4.69) is 10.6 Å². The van der Waals surface area contributed by atoms with Crippen molar-refractivity contribution in [2.45, 2.75) is 6.92 Å². The number of rotatable bonds is 6. The Kier molecular flexibility index (Phi) is 6.68. The highest BCUT2D eigenvalue weighted by molar-refractivity contribution is 7.18. The molecule has 0 spiro atoms. The highest BCUT2D eigenvalue weighted by Crippen LogP contribution is 2.29. The van der Waals surface area contributed by atoms with Gasteiger partial charge in [0.2, 0.25) is 0 Å². The summed E-state index contributed by atoms with van der Waals surface area (Å²) in [6.45, 7) is 1.80. The van der Waals surface area contributed by atoms with Gasteiger partial charge >= 0.3 is 0 Å². The van der Waals surface area contributed by atoms with Crippen LogP contribution in [0.1, 0.15) is 41.5 Å². The molecule has 0 fully saturated rings. The number of carbonyl (C=O) groups is 3. The predicted molar refractivity (Wildman–Crippen MR) is 133 cm³/mol. The summed E-state index contributed by atoms with van der Waals surface area (Å²) in [5.41, 5.74) is 2.65. The molecule has 0 saturated heterocycles. The summed E-state index contributed by atoms with van der Waals surface area (Å²) in [6, 6.07) is 24.3. The predicted octanol–water partition coefficient (Wildman–Crippen LogP) is 6.45.